The van der Waals surface area contributed by atoms with Crippen molar-refractivity contribution in [2.75, 3.05) is 18.5 Å². The number of carbonyl (C=O) groups is 1. The van der Waals surface area contributed by atoms with Gasteiger partial charge in [-0.1, -0.05) is 25.7 Å². The van der Waals surface area contributed by atoms with Crippen molar-refractivity contribution in [2.24, 2.45) is 11.7 Å². The maximum Gasteiger partial charge on any atom is 0.411 e. The zero-order valence-electron chi connectivity index (χ0n) is 11.0. The van der Waals surface area contributed by atoms with Crippen molar-refractivity contribution in [3.8, 4) is 11.8 Å². The van der Waals surface area contributed by atoms with Crippen molar-refractivity contribution in [1.82, 2.24) is 0 Å². The SMILES string of the molecule is CC(C)COC(=O)Nc1ccc(F)c(C#CCN)c1. The molecule has 102 valence electrons. The first-order valence-electron chi connectivity index (χ1n) is 5.95. The number of amides is 1. The Morgan fingerprint density at radius 1 is 1.53 bits per heavy atom. The van der Waals surface area contributed by atoms with Gasteiger partial charge in [-0.3, -0.25) is 5.32 Å². The van der Waals surface area contributed by atoms with Crippen molar-refractivity contribution < 1.29 is 13.9 Å². The van der Waals surface area contributed by atoms with E-state index in [4.69, 9.17) is 10.5 Å². The quantitative estimate of drug-likeness (QED) is 0.824. The van der Waals surface area contributed by atoms with Crippen LogP contribution >= 0.6 is 0 Å². The Bertz CT molecular complexity index is 504. The first kappa shape index (κ1) is 15.0. The van der Waals surface area contributed by atoms with Crippen molar-refractivity contribution in [2.45, 2.75) is 13.8 Å². The van der Waals surface area contributed by atoms with Crippen LogP contribution in [0.5, 0.6) is 0 Å². The molecule has 1 amide bonds. The van der Waals surface area contributed by atoms with Gasteiger partial charge in [-0.2, -0.15) is 0 Å². The number of rotatable bonds is 3. The lowest BCUT2D eigenvalue weighted by molar-refractivity contribution is 0.147. The molecule has 0 bridgehead atoms. The van der Waals surface area contributed by atoms with Crippen LogP contribution < -0.4 is 11.1 Å². The molecule has 0 aromatic heterocycles. The largest absolute Gasteiger partial charge is 0.449 e. The highest BCUT2D eigenvalue weighted by atomic mass is 19.1. The maximum absolute atomic E-state index is 13.4. The number of benzene rings is 1. The van der Waals surface area contributed by atoms with E-state index in [9.17, 15) is 9.18 Å². The monoisotopic (exact) mass is 264 g/mol. The summed E-state index contributed by atoms with van der Waals surface area (Å²) in [6.07, 6.45) is -0.571. The van der Waals surface area contributed by atoms with Gasteiger partial charge in [-0.15, -0.1) is 0 Å². The van der Waals surface area contributed by atoms with Gasteiger partial charge in [0.15, 0.2) is 0 Å². The molecule has 5 heteroatoms. The Balaban J connectivity index is 2.71. The van der Waals surface area contributed by atoms with Crippen LogP contribution in [-0.2, 0) is 4.74 Å². The van der Waals surface area contributed by atoms with E-state index < -0.39 is 11.9 Å². The molecule has 19 heavy (non-hydrogen) atoms. The van der Waals surface area contributed by atoms with Crippen LogP contribution in [0.3, 0.4) is 0 Å². The predicted octanol–water partition coefficient (Wildman–Crippen LogP) is 2.34. The molecule has 0 atom stereocenters. The fourth-order valence-electron chi connectivity index (χ4n) is 1.24. The van der Waals surface area contributed by atoms with E-state index in [2.05, 4.69) is 17.2 Å². The van der Waals surface area contributed by atoms with Gasteiger partial charge in [0.1, 0.15) is 5.82 Å². The number of halogens is 1. The van der Waals surface area contributed by atoms with Gasteiger partial charge in [0, 0.05) is 5.69 Å². The van der Waals surface area contributed by atoms with Gasteiger partial charge >= 0.3 is 6.09 Å². The molecular formula is C14H17FN2O2. The minimum Gasteiger partial charge on any atom is -0.449 e. The molecule has 0 aliphatic heterocycles. The molecule has 0 radical (unpaired) electrons. The third kappa shape index (κ3) is 5.40. The smallest absolute Gasteiger partial charge is 0.411 e. The average molecular weight is 264 g/mol. The van der Waals surface area contributed by atoms with E-state index in [0.717, 1.165) is 0 Å². The number of anilines is 1. The van der Waals surface area contributed by atoms with E-state index in [1.807, 2.05) is 13.8 Å². The van der Waals surface area contributed by atoms with Crippen LogP contribution in [0.1, 0.15) is 19.4 Å². The molecular weight excluding hydrogens is 247 g/mol. The number of hydrogen-bond donors (Lipinski definition) is 2. The zero-order valence-corrected chi connectivity index (χ0v) is 11.0. The van der Waals surface area contributed by atoms with Crippen molar-refractivity contribution in [1.29, 1.82) is 0 Å². The first-order chi connectivity index (χ1) is 9.02. The van der Waals surface area contributed by atoms with Crippen LogP contribution in [0.4, 0.5) is 14.9 Å². The predicted molar refractivity (Wildman–Crippen MR) is 72.1 cm³/mol. The van der Waals surface area contributed by atoms with E-state index in [-0.39, 0.29) is 18.0 Å². The van der Waals surface area contributed by atoms with Crippen LogP contribution in [0.15, 0.2) is 18.2 Å². The summed E-state index contributed by atoms with van der Waals surface area (Å²) in [6, 6.07) is 4.12. The first-order valence-corrected chi connectivity index (χ1v) is 5.95. The molecule has 0 saturated heterocycles. The molecule has 0 heterocycles. The minimum absolute atomic E-state index is 0.146. The Morgan fingerprint density at radius 2 is 2.26 bits per heavy atom. The lowest BCUT2D eigenvalue weighted by Gasteiger charge is -2.09. The highest BCUT2D eigenvalue weighted by Crippen LogP contribution is 2.14. The van der Waals surface area contributed by atoms with Gasteiger partial charge in [0.2, 0.25) is 0 Å². The molecule has 1 aromatic rings. The maximum atomic E-state index is 13.4. The van der Waals surface area contributed by atoms with Gasteiger partial charge < -0.3 is 10.5 Å². The summed E-state index contributed by atoms with van der Waals surface area (Å²) in [5.41, 5.74) is 5.84. The summed E-state index contributed by atoms with van der Waals surface area (Å²) in [4.78, 5) is 11.4. The fraction of sp³-hybridized carbons (Fsp3) is 0.357. The Kier molecular flexibility index (Phi) is 5.83. The van der Waals surface area contributed by atoms with Gasteiger partial charge in [0.25, 0.3) is 0 Å². The summed E-state index contributed by atoms with van der Waals surface area (Å²) in [5.74, 6) is 4.95. The third-order valence-electron chi connectivity index (χ3n) is 2.09. The topological polar surface area (TPSA) is 64.3 Å². The van der Waals surface area contributed by atoms with E-state index in [0.29, 0.717) is 12.3 Å². The third-order valence-corrected chi connectivity index (χ3v) is 2.09. The standard InChI is InChI=1S/C14H17FN2O2/c1-10(2)9-19-14(18)17-12-5-6-13(15)11(8-12)4-3-7-16/h5-6,8,10H,7,9,16H2,1-2H3,(H,17,18). The molecule has 4 nitrogen and oxygen atoms in total. The average Bonchev–Trinajstić information content (AvgIpc) is 2.37. The summed E-state index contributed by atoms with van der Waals surface area (Å²) >= 11 is 0. The zero-order chi connectivity index (χ0) is 14.3. The number of carbonyl (C=O) groups excluding carboxylic acids is 1. The molecule has 0 aliphatic rings. The van der Waals surface area contributed by atoms with Gasteiger partial charge in [-0.25, -0.2) is 9.18 Å². The minimum atomic E-state index is -0.571. The van der Waals surface area contributed by atoms with Crippen LogP contribution in [-0.4, -0.2) is 19.2 Å². The highest BCUT2D eigenvalue weighted by molar-refractivity contribution is 5.84. The fourth-order valence-corrected chi connectivity index (χ4v) is 1.24. The Labute approximate surface area is 112 Å². The normalized spacial score (nSPS) is 9.74. The van der Waals surface area contributed by atoms with E-state index in [1.165, 1.54) is 18.2 Å². The Hall–Kier alpha value is -2.06. The lowest BCUT2D eigenvalue weighted by atomic mass is 10.2. The molecule has 1 aromatic carbocycles. The second-order valence-corrected chi connectivity index (χ2v) is 4.32. The number of hydrogen-bond acceptors (Lipinski definition) is 3. The Morgan fingerprint density at radius 3 is 2.89 bits per heavy atom. The summed E-state index contributed by atoms with van der Waals surface area (Å²) in [5, 5.41) is 2.51. The van der Waals surface area contributed by atoms with Crippen LogP contribution in [0, 0.1) is 23.6 Å². The summed E-state index contributed by atoms with van der Waals surface area (Å²) in [7, 11) is 0. The van der Waals surface area contributed by atoms with Crippen molar-refractivity contribution >= 4 is 11.8 Å². The molecule has 3 N–H and O–H groups in total. The number of nitrogens with one attached hydrogen (secondary N) is 1. The van der Waals surface area contributed by atoms with Gasteiger partial charge in [0.05, 0.1) is 18.7 Å². The second kappa shape index (κ2) is 7.39. The van der Waals surface area contributed by atoms with Crippen molar-refractivity contribution in [3.63, 3.8) is 0 Å². The molecule has 0 spiro atoms. The molecule has 0 fully saturated rings. The summed E-state index contributed by atoms with van der Waals surface area (Å²) in [6.45, 7) is 4.35. The molecule has 1 rings (SSSR count). The van der Waals surface area contributed by atoms with Crippen LogP contribution in [0.2, 0.25) is 0 Å². The van der Waals surface area contributed by atoms with Crippen LogP contribution in [0.25, 0.3) is 0 Å². The molecule has 0 unspecified atom stereocenters. The number of nitrogens with two attached hydrogens (primary N) is 1. The molecule has 0 saturated carbocycles. The second-order valence-electron chi connectivity index (χ2n) is 4.32. The van der Waals surface area contributed by atoms with Crippen molar-refractivity contribution in [3.05, 3.63) is 29.6 Å². The van der Waals surface area contributed by atoms with Gasteiger partial charge in [-0.05, 0) is 24.1 Å². The van der Waals surface area contributed by atoms with E-state index in [1.54, 1.807) is 0 Å². The summed E-state index contributed by atoms with van der Waals surface area (Å²) < 4.78 is 18.4. The lowest BCUT2D eigenvalue weighted by Crippen LogP contribution is -2.16. The van der Waals surface area contributed by atoms with E-state index >= 15 is 0 Å². The highest BCUT2D eigenvalue weighted by Gasteiger charge is 2.06. The number of ether oxygens (including phenoxy) is 1. The molecule has 0 aliphatic carbocycles.